The zero-order chi connectivity index (χ0) is 18.1. The average molecular weight is 355 g/mol. The zero-order valence-corrected chi connectivity index (χ0v) is 11.8. The van der Waals surface area contributed by atoms with Gasteiger partial charge in [0.25, 0.3) is 0 Å². The quantitative estimate of drug-likeness (QED) is 0.765. The van der Waals surface area contributed by atoms with Crippen LogP contribution in [0.15, 0.2) is 28.7 Å². The molecule has 24 heavy (non-hydrogen) atoms. The number of fused-ring (bicyclic) bond motifs is 1. The average Bonchev–Trinajstić information content (AvgIpc) is 2.76. The second-order valence-electron chi connectivity index (χ2n) is 5.06. The molecule has 2 heterocycles. The summed E-state index contributed by atoms with van der Waals surface area (Å²) in [6.07, 6.45) is -9.40. The maximum atomic E-state index is 12.5. The molecule has 0 aliphatic carbocycles. The first kappa shape index (κ1) is 18.1. The molecule has 1 fully saturated rings. The Labute approximate surface area is 131 Å². The van der Waals surface area contributed by atoms with Crippen LogP contribution in [0.1, 0.15) is 17.2 Å². The largest absolute Gasteiger partial charge is 0.490 e. The Kier molecular flexibility index (Phi) is 4.79. The first-order chi connectivity index (χ1) is 11.0. The number of aliphatic carboxylic acids is 1. The Balaban J connectivity index is 0.000000256. The lowest BCUT2D eigenvalue weighted by Gasteiger charge is -2.24. The minimum atomic E-state index is -5.08. The van der Waals surface area contributed by atoms with Crippen molar-refractivity contribution in [3.63, 3.8) is 0 Å². The van der Waals surface area contributed by atoms with Gasteiger partial charge in [0.2, 0.25) is 0 Å². The third-order valence-corrected chi connectivity index (χ3v) is 3.29. The first-order valence-electron chi connectivity index (χ1n) is 6.60. The van der Waals surface area contributed by atoms with Crippen LogP contribution in [-0.2, 0) is 11.0 Å². The molecule has 0 radical (unpaired) electrons. The fraction of sp³-hybridized carbons (Fsp3) is 0.357. The number of carboxylic acid groups (broad SMARTS) is 1. The molecule has 0 amide bonds. The predicted molar refractivity (Wildman–Crippen MR) is 70.5 cm³/mol. The summed E-state index contributed by atoms with van der Waals surface area (Å²) in [5, 5.41) is 10.9. The number of hydrogen-bond donors (Lipinski definition) is 2. The third kappa shape index (κ3) is 4.19. The molecule has 10 heteroatoms. The van der Waals surface area contributed by atoms with Crippen molar-refractivity contribution in [2.75, 3.05) is 13.1 Å². The van der Waals surface area contributed by atoms with E-state index in [1.165, 1.54) is 6.07 Å². The normalized spacial score (nSPS) is 15.6. The number of nitrogens with one attached hydrogen (secondary N) is 1. The van der Waals surface area contributed by atoms with Gasteiger partial charge in [0.15, 0.2) is 0 Å². The van der Waals surface area contributed by atoms with Crippen LogP contribution >= 0.6 is 0 Å². The highest BCUT2D eigenvalue weighted by Crippen LogP contribution is 2.34. The molecule has 0 spiro atoms. The van der Waals surface area contributed by atoms with Crippen LogP contribution in [0.2, 0.25) is 0 Å². The Morgan fingerprint density at radius 1 is 1.12 bits per heavy atom. The number of carboxylic acids is 1. The van der Waals surface area contributed by atoms with Crippen LogP contribution in [0.3, 0.4) is 0 Å². The first-order valence-corrected chi connectivity index (χ1v) is 6.60. The van der Waals surface area contributed by atoms with Gasteiger partial charge in [-0.2, -0.15) is 26.3 Å². The van der Waals surface area contributed by atoms with E-state index in [1.54, 1.807) is 0 Å². The molecule has 2 N–H and O–H groups in total. The van der Waals surface area contributed by atoms with Crippen molar-refractivity contribution in [2.24, 2.45) is 0 Å². The summed E-state index contributed by atoms with van der Waals surface area (Å²) in [6.45, 7) is 1.65. The Hall–Kier alpha value is -2.23. The molecule has 0 atom stereocenters. The van der Waals surface area contributed by atoms with Gasteiger partial charge in [-0.05, 0) is 18.2 Å². The maximum absolute atomic E-state index is 12.5. The molecule has 0 bridgehead atoms. The predicted octanol–water partition coefficient (Wildman–Crippen LogP) is 3.77. The topological polar surface area (TPSA) is 62.5 Å². The molecule has 1 saturated heterocycles. The molecule has 4 nitrogen and oxygen atoms in total. The van der Waals surface area contributed by atoms with Crippen molar-refractivity contribution < 1.29 is 40.7 Å². The van der Waals surface area contributed by atoms with Gasteiger partial charge in [0.1, 0.15) is 11.3 Å². The second kappa shape index (κ2) is 6.34. The number of furan rings is 1. The minimum Gasteiger partial charge on any atom is -0.475 e. The highest BCUT2D eigenvalue weighted by Gasteiger charge is 2.38. The Morgan fingerprint density at radius 2 is 1.71 bits per heavy atom. The van der Waals surface area contributed by atoms with Crippen LogP contribution in [0.5, 0.6) is 0 Å². The van der Waals surface area contributed by atoms with Crippen LogP contribution in [0, 0.1) is 0 Å². The van der Waals surface area contributed by atoms with E-state index in [4.69, 9.17) is 14.3 Å². The number of hydrogen-bond acceptors (Lipinski definition) is 3. The molecule has 0 unspecified atom stereocenters. The molecule has 1 aliphatic heterocycles. The van der Waals surface area contributed by atoms with Gasteiger partial charge in [0, 0.05) is 24.4 Å². The van der Waals surface area contributed by atoms with Crippen LogP contribution < -0.4 is 5.32 Å². The lowest BCUT2D eigenvalue weighted by atomic mass is 10.0. The van der Waals surface area contributed by atoms with Gasteiger partial charge in [-0.25, -0.2) is 4.79 Å². The van der Waals surface area contributed by atoms with Crippen molar-refractivity contribution in [1.29, 1.82) is 0 Å². The summed E-state index contributed by atoms with van der Waals surface area (Å²) in [5.41, 5.74) is -0.362. The van der Waals surface area contributed by atoms with E-state index in [9.17, 15) is 26.3 Å². The highest BCUT2D eigenvalue weighted by atomic mass is 19.4. The van der Waals surface area contributed by atoms with E-state index in [0.29, 0.717) is 5.58 Å². The van der Waals surface area contributed by atoms with Gasteiger partial charge in [0.05, 0.1) is 5.56 Å². The summed E-state index contributed by atoms with van der Waals surface area (Å²) >= 11 is 0. The number of halogens is 6. The Morgan fingerprint density at radius 3 is 2.12 bits per heavy atom. The fourth-order valence-electron chi connectivity index (χ4n) is 1.92. The van der Waals surface area contributed by atoms with E-state index in [2.05, 4.69) is 5.32 Å². The molecule has 3 rings (SSSR count). The molecule has 1 aliphatic rings. The molecule has 132 valence electrons. The summed E-state index contributed by atoms with van der Waals surface area (Å²) in [5.74, 6) is -1.71. The third-order valence-electron chi connectivity index (χ3n) is 3.29. The van der Waals surface area contributed by atoms with E-state index < -0.39 is 23.9 Å². The van der Waals surface area contributed by atoms with Crippen molar-refractivity contribution in [1.82, 2.24) is 5.32 Å². The number of rotatable bonds is 1. The SMILES string of the molecule is FC(F)(F)c1ccc2cc(C3CNC3)oc2c1.O=C(O)C(F)(F)F. The number of alkyl halides is 6. The molecule has 0 saturated carbocycles. The monoisotopic (exact) mass is 355 g/mol. The number of benzene rings is 1. The standard InChI is InChI=1S/C12H10F3NO.C2HF3O2/c13-12(14,15)9-2-1-7-3-10(8-5-16-6-8)17-11(7)4-9;3-2(4,5)1(6)7/h1-4,8,16H,5-6H2;(H,6,7). The van der Waals surface area contributed by atoms with E-state index in [1.807, 2.05) is 6.07 Å². The van der Waals surface area contributed by atoms with E-state index in [-0.39, 0.29) is 5.92 Å². The smallest absolute Gasteiger partial charge is 0.475 e. The zero-order valence-electron chi connectivity index (χ0n) is 11.8. The van der Waals surface area contributed by atoms with Crippen LogP contribution in [0.25, 0.3) is 11.0 Å². The van der Waals surface area contributed by atoms with Crippen LogP contribution in [0.4, 0.5) is 26.3 Å². The molecule has 2 aromatic rings. The van der Waals surface area contributed by atoms with Crippen molar-refractivity contribution in [3.05, 3.63) is 35.6 Å². The molecular weight excluding hydrogens is 344 g/mol. The second-order valence-corrected chi connectivity index (χ2v) is 5.06. The van der Waals surface area contributed by atoms with Gasteiger partial charge >= 0.3 is 18.3 Å². The summed E-state index contributed by atoms with van der Waals surface area (Å²) in [4.78, 5) is 8.90. The maximum Gasteiger partial charge on any atom is 0.490 e. The van der Waals surface area contributed by atoms with Gasteiger partial charge in [-0.1, -0.05) is 6.07 Å². The van der Waals surface area contributed by atoms with Crippen LogP contribution in [-0.4, -0.2) is 30.3 Å². The minimum absolute atomic E-state index is 0.289. The van der Waals surface area contributed by atoms with E-state index >= 15 is 0 Å². The van der Waals surface area contributed by atoms with Gasteiger partial charge < -0.3 is 14.8 Å². The van der Waals surface area contributed by atoms with Crippen molar-refractivity contribution >= 4 is 16.9 Å². The van der Waals surface area contributed by atoms with Crippen molar-refractivity contribution in [3.8, 4) is 0 Å². The fourth-order valence-corrected chi connectivity index (χ4v) is 1.92. The summed E-state index contributed by atoms with van der Waals surface area (Å²) in [7, 11) is 0. The molecular formula is C14H11F6NO3. The lowest BCUT2D eigenvalue weighted by Crippen LogP contribution is -2.39. The molecule has 1 aromatic heterocycles. The summed E-state index contributed by atoms with van der Waals surface area (Å²) < 4.78 is 74.7. The highest BCUT2D eigenvalue weighted by molar-refractivity contribution is 5.79. The lowest BCUT2D eigenvalue weighted by molar-refractivity contribution is -0.192. The van der Waals surface area contributed by atoms with Gasteiger partial charge in [-0.15, -0.1) is 0 Å². The van der Waals surface area contributed by atoms with E-state index in [0.717, 1.165) is 36.4 Å². The van der Waals surface area contributed by atoms with Gasteiger partial charge in [-0.3, -0.25) is 0 Å². The molecule has 1 aromatic carbocycles. The Bertz CT molecular complexity index is 730. The number of carbonyl (C=O) groups is 1. The van der Waals surface area contributed by atoms with Crippen molar-refractivity contribution in [2.45, 2.75) is 18.3 Å². The summed E-state index contributed by atoms with van der Waals surface area (Å²) in [6, 6.07) is 5.42.